The van der Waals surface area contributed by atoms with Crippen molar-refractivity contribution in [3.05, 3.63) is 11.8 Å². The lowest BCUT2D eigenvalue weighted by Gasteiger charge is -2.07. The van der Waals surface area contributed by atoms with Crippen molar-refractivity contribution in [3.63, 3.8) is 0 Å². The average Bonchev–Trinajstić information content (AvgIpc) is 2.59. The van der Waals surface area contributed by atoms with E-state index in [0.29, 0.717) is 6.61 Å². The molecule has 0 aromatic carbocycles. The number of hydrogen-bond acceptors (Lipinski definition) is 5. The van der Waals surface area contributed by atoms with E-state index in [4.69, 9.17) is 15.2 Å². The Morgan fingerprint density at radius 2 is 2.33 bits per heavy atom. The van der Waals surface area contributed by atoms with Gasteiger partial charge in [-0.3, -0.25) is 5.10 Å². The van der Waals surface area contributed by atoms with E-state index in [2.05, 4.69) is 10.2 Å². The summed E-state index contributed by atoms with van der Waals surface area (Å²) in [6.07, 6.45) is 0.131. The predicted molar refractivity (Wildman–Crippen MR) is 54.4 cm³/mol. The molecule has 0 unspecified atom stereocenters. The van der Waals surface area contributed by atoms with Crippen LogP contribution in [0, 0.1) is 0 Å². The van der Waals surface area contributed by atoms with Gasteiger partial charge in [0.2, 0.25) is 0 Å². The van der Waals surface area contributed by atoms with Crippen LogP contribution in [-0.4, -0.2) is 35.5 Å². The van der Waals surface area contributed by atoms with Crippen molar-refractivity contribution in [2.24, 2.45) is 0 Å². The highest BCUT2D eigenvalue weighted by Gasteiger charge is 2.09. The molecule has 15 heavy (non-hydrogen) atoms. The second-order valence-electron chi connectivity index (χ2n) is 3.26. The third-order valence-corrected chi connectivity index (χ3v) is 1.59. The first-order valence-corrected chi connectivity index (χ1v) is 4.69. The number of nitrogens with zero attached hydrogens (tertiary/aromatic N) is 1. The van der Waals surface area contributed by atoms with Crippen LogP contribution in [0.1, 0.15) is 24.3 Å². The van der Waals surface area contributed by atoms with Crippen molar-refractivity contribution in [2.75, 3.05) is 18.9 Å². The number of anilines is 1. The lowest BCUT2D eigenvalue weighted by molar-refractivity contribution is 0.0172. The standard InChI is InChI=1S/C9H15N3O3/c1-6(2)14-3-4-15-9(13)7-5-8(10)12-11-7/h5-6H,3-4H2,1-2H3,(H3,10,11,12). The SMILES string of the molecule is CC(C)OCCOC(=O)c1cc(N)n[nH]1. The molecule has 1 rings (SSSR count). The second-order valence-corrected chi connectivity index (χ2v) is 3.26. The molecule has 0 saturated carbocycles. The van der Waals surface area contributed by atoms with Gasteiger partial charge in [-0.15, -0.1) is 0 Å². The van der Waals surface area contributed by atoms with Gasteiger partial charge in [-0.1, -0.05) is 0 Å². The number of rotatable bonds is 5. The monoisotopic (exact) mass is 213 g/mol. The van der Waals surface area contributed by atoms with Gasteiger partial charge in [-0.05, 0) is 13.8 Å². The van der Waals surface area contributed by atoms with Gasteiger partial charge in [0.1, 0.15) is 18.1 Å². The van der Waals surface area contributed by atoms with Gasteiger partial charge < -0.3 is 15.2 Å². The van der Waals surface area contributed by atoms with E-state index in [1.54, 1.807) is 0 Å². The number of H-pyrrole nitrogens is 1. The molecule has 6 heteroatoms. The fourth-order valence-electron chi connectivity index (χ4n) is 0.938. The molecule has 0 aliphatic rings. The Morgan fingerprint density at radius 1 is 1.60 bits per heavy atom. The third-order valence-electron chi connectivity index (χ3n) is 1.59. The van der Waals surface area contributed by atoms with E-state index in [-0.39, 0.29) is 24.2 Å². The first-order valence-electron chi connectivity index (χ1n) is 4.69. The first kappa shape index (κ1) is 11.5. The smallest absolute Gasteiger partial charge is 0.356 e. The van der Waals surface area contributed by atoms with Crippen LogP contribution >= 0.6 is 0 Å². The molecule has 0 bridgehead atoms. The van der Waals surface area contributed by atoms with Crippen molar-refractivity contribution in [1.29, 1.82) is 0 Å². The van der Waals surface area contributed by atoms with E-state index in [1.807, 2.05) is 13.8 Å². The highest BCUT2D eigenvalue weighted by atomic mass is 16.6. The minimum Gasteiger partial charge on any atom is -0.459 e. The Morgan fingerprint density at radius 3 is 2.87 bits per heavy atom. The topological polar surface area (TPSA) is 90.2 Å². The molecule has 0 aliphatic heterocycles. The molecule has 0 fully saturated rings. The molecule has 0 saturated heterocycles. The molecular formula is C9H15N3O3. The van der Waals surface area contributed by atoms with E-state index in [0.717, 1.165) is 0 Å². The van der Waals surface area contributed by atoms with E-state index in [9.17, 15) is 4.79 Å². The van der Waals surface area contributed by atoms with Crippen molar-refractivity contribution in [2.45, 2.75) is 20.0 Å². The van der Waals surface area contributed by atoms with Gasteiger partial charge in [0.25, 0.3) is 0 Å². The maximum atomic E-state index is 11.3. The average molecular weight is 213 g/mol. The number of aromatic amines is 1. The minimum atomic E-state index is -0.480. The highest BCUT2D eigenvalue weighted by molar-refractivity contribution is 5.87. The number of aromatic nitrogens is 2. The summed E-state index contributed by atoms with van der Waals surface area (Å²) in [5, 5.41) is 6.08. The fraction of sp³-hybridized carbons (Fsp3) is 0.556. The first-order chi connectivity index (χ1) is 7.09. The lowest BCUT2D eigenvalue weighted by atomic mass is 10.4. The zero-order chi connectivity index (χ0) is 11.3. The van der Waals surface area contributed by atoms with Crippen LogP contribution in [-0.2, 0) is 9.47 Å². The summed E-state index contributed by atoms with van der Waals surface area (Å²) in [5.41, 5.74) is 5.58. The number of nitrogens with one attached hydrogen (secondary N) is 1. The maximum Gasteiger partial charge on any atom is 0.356 e. The second kappa shape index (κ2) is 5.35. The van der Waals surface area contributed by atoms with Crippen LogP contribution in [0.25, 0.3) is 0 Å². The van der Waals surface area contributed by atoms with Gasteiger partial charge in [0.15, 0.2) is 0 Å². The molecule has 84 valence electrons. The molecule has 3 N–H and O–H groups in total. The zero-order valence-corrected chi connectivity index (χ0v) is 8.82. The van der Waals surface area contributed by atoms with E-state index < -0.39 is 5.97 Å². The Kier molecular flexibility index (Phi) is 4.11. The molecule has 0 spiro atoms. The van der Waals surface area contributed by atoms with E-state index >= 15 is 0 Å². The number of nitrogens with two attached hydrogens (primary N) is 1. The predicted octanol–water partition coefficient (Wildman–Crippen LogP) is 0.574. The number of hydrogen-bond donors (Lipinski definition) is 2. The molecule has 0 aliphatic carbocycles. The lowest BCUT2D eigenvalue weighted by Crippen LogP contribution is -2.13. The summed E-state index contributed by atoms with van der Waals surface area (Å²) in [6, 6.07) is 1.42. The van der Waals surface area contributed by atoms with Crippen LogP contribution in [0.2, 0.25) is 0 Å². The zero-order valence-electron chi connectivity index (χ0n) is 8.82. The van der Waals surface area contributed by atoms with Crippen LogP contribution < -0.4 is 5.73 Å². The Bertz CT molecular complexity index is 322. The Balaban J connectivity index is 2.25. The van der Waals surface area contributed by atoms with Crippen molar-refractivity contribution in [1.82, 2.24) is 10.2 Å². The van der Waals surface area contributed by atoms with Gasteiger partial charge in [0.05, 0.1) is 12.7 Å². The molecule has 1 aromatic heterocycles. The maximum absolute atomic E-state index is 11.3. The van der Waals surface area contributed by atoms with Crippen LogP contribution in [0.5, 0.6) is 0 Å². The van der Waals surface area contributed by atoms with Gasteiger partial charge in [-0.25, -0.2) is 4.79 Å². The quantitative estimate of drug-likeness (QED) is 0.551. The highest BCUT2D eigenvalue weighted by Crippen LogP contribution is 2.02. The summed E-state index contributed by atoms with van der Waals surface area (Å²) in [6.45, 7) is 4.43. The number of carbonyl (C=O) groups excluding carboxylic acids is 1. The molecule has 0 radical (unpaired) electrons. The molecule has 6 nitrogen and oxygen atoms in total. The van der Waals surface area contributed by atoms with Gasteiger partial charge >= 0.3 is 5.97 Å². The molecule has 1 heterocycles. The van der Waals surface area contributed by atoms with Crippen LogP contribution in [0.15, 0.2) is 6.07 Å². The normalized spacial score (nSPS) is 10.6. The number of nitrogen functional groups attached to an aromatic ring is 1. The fourth-order valence-corrected chi connectivity index (χ4v) is 0.938. The number of ether oxygens (including phenoxy) is 2. The molecule has 1 aromatic rings. The van der Waals surface area contributed by atoms with Crippen LogP contribution in [0.4, 0.5) is 5.82 Å². The third kappa shape index (κ3) is 3.99. The molecular weight excluding hydrogens is 198 g/mol. The summed E-state index contributed by atoms with van der Waals surface area (Å²) >= 11 is 0. The number of esters is 1. The van der Waals surface area contributed by atoms with Gasteiger partial charge in [0, 0.05) is 6.07 Å². The number of carbonyl (C=O) groups is 1. The van der Waals surface area contributed by atoms with Crippen molar-refractivity contribution >= 4 is 11.8 Å². The molecule has 0 amide bonds. The Labute approximate surface area is 87.7 Å². The van der Waals surface area contributed by atoms with Gasteiger partial charge in [-0.2, -0.15) is 5.10 Å². The summed E-state index contributed by atoms with van der Waals surface area (Å²) in [7, 11) is 0. The summed E-state index contributed by atoms with van der Waals surface area (Å²) in [4.78, 5) is 11.3. The molecule has 0 atom stereocenters. The minimum absolute atomic E-state index is 0.131. The van der Waals surface area contributed by atoms with Crippen molar-refractivity contribution < 1.29 is 14.3 Å². The Hall–Kier alpha value is -1.56. The summed E-state index contributed by atoms with van der Waals surface area (Å²) < 4.78 is 10.1. The van der Waals surface area contributed by atoms with Crippen LogP contribution in [0.3, 0.4) is 0 Å². The summed E-state index contributed by atoms with van der Waals surface area (Å²) in [5.74, 6) is -0.216. The van der Waals surface area contributed by atoms with Crippen molar-refractivity contribution in [3.8, 4) is 0 Å². The van der Waals surface area contributed by atoms with E-state index in [1.165, 1.54) is 6.07 Å². The largest absolute Gasteiger partial charge is 0.459 e.